The lowest BCUT2D eigenvalue weighted by Gasteiger charge is -2.35. The SMILES string of the molecule is [CH2][C@H]1CN(C)C[C@]1(CN)C(C)C. The van der Waals surface area contributed by atoms with E-state index in [9.17, 15) is 0 Å². The minimum absolute atomic E-state index is 0.259. The zero-order valence-electron chi connectivity index (χ0n) is 8.51. The van der Waals surface area contributed by atoms with Crippen LogP contribution in [0.1, 0.15) is 13.8 Å². The maximum Gasteiger partial charge on any atom is 0.00527 e. The lowest BCUT2D eigenvalue weighted by molar-refractivity contribution is 0.171. The highest BCUT2D eigenvalue weighted by Crippen LogP contribution is 2.40. The van der Waals surface area contributed by atoms with Crippen LogP contribution in [0.3, 0.4) is 0 Å². The smallest absolute Gasteiger partial charge is 0.00527 e. The zero-order valence-corrected chi connectivity index (χ0v) is 8.51. The molecule has 2 nitrogen and oxygen atoms in total. The molecule has 1 aliphatic rings. The number of hydrogen-bond donors (Lipinski definition) is 1. The first-order chi connectivity index (χ1) is 5.53. The van der Waals surface area contributed by atoms with Crippen LogP contribution in [-0.4, -0.2) is 31.6 Å². The number of nitrogens with zero attached hydrogens (tertiary/aromatic N) is 1. The molecule has 2 atom stereocenters. The van der Waals surface area contributed by atoms with Crippen LogP contribution in [0.25, 0.3) is 0 Å². The van der Waals surface area contributed by atoms with E-state index >= 15 is 0 Å². The van der Waals surface area contributed by atoms with Crippen molar-refractivity contribution in [2.24, 2.45) is 23.0 Å². The average Bonchev–Trinajstić information content (AvgIpc) is 2.26. The van der Waals surface area contributed by atoms with Gasteiger partial charge in [-0.25, -0.2) is 0 Å². The van der Waals surface area contributed by atoms with Crippen LogP contribution in [0.2, 0.25) is 0 Å². The Balaban J connectivity index is 2.79. The fourth-order valence-corrected chi connectivity index (χ4v) is 2.38. The molecular weight excluding hydrogens is 148 g/mol. The molecule has 1 heterocycles. The molecule has 12 heavy (non-hydrogen) atoms. The highest BCUT2D eigenvalue weighted by molar-refractivity contribution is 4.99. The van der Waals surface area contributed by atoms with Crippen molar-refractivity contribution in [3.8, 4) is 0 Å². The number of likely N-dealkylation sites (tertiary alicyclic amines) is 1. The Labute approximate surface area is 76.1 Å². The van der Waals surface area contributed by atoms with E-state index in [4.69, 9.17) is 5.73 Å². The van der Waals surface area contributed by atoms with Gasteiger partial charge in [-0.15, -0.1) is 0 Å². The van der Waals surface area contributed by atoms with Crippen LogP contribution in [0.4, 0.5) is 0 Å². The Bertz CT molecular complexity index is 156. The Hall–Kier alpha value is -0.0800. The maximum atomic E-state index is 5.86. The topological polar surface area (TPSA) is 29.3 Å². The Morgan fingerprint density at radius 3 is 2.42 bits per heavy atom. The molecule has 1 radical (unpaired) electrons. The third-order valence-corrected chi connectivity index (χ3v) is 3.44. The predicted octanol–water partition coefficient (Wildman–Crippen LogP) is 0.983. The van der Waals surface area contributed by atoms with E-state index in [0.29, 0.717) is 11.8 Å². The zero-order chi connectivity index (χ0) is 9.35. The second-order valence-corrected chi connectivity index (χ2v) is 4.49. The summed E-state index contributed by atoms with van der Waals surface area (Å²) in [5.74, 6) is 1.13. The molecule has 0 amide bonds. The normalized spacial score (nSPS) is 38.0. The third-order valence-electron chi connectivity index (χ3n) is 3.44. The van der Waals surface area contributed by atoms with Crippen LogP contribution >= 0.6 is 0 Å². The van der Waals surface area contributed by atoms with Gasteiger partial charge in [0.05, 0.1) is 0 Å². The summed E-state index contributed by atoms with van der Waals surface area (Å²) >= 11 is 0. The van der Waals surface area contributed by atoms with Crippen molar-refractivity contribution in [1.82, 2.24) is 4.90 Å². The summed E-state index contributed by atoms with van der Waals surface area (Å²) < 4.78 is 0. The predicted molar refractivity (Wildman–Crippen MR) is 52.7 cm³/mol. The molecule has 1 saturated heterocycles. The van der Waals surface area contributed by atoms with Crippen LogP contribution in [0, 0.1) is 24.2 Å². The summed E-state index contributed by atoms with van der Waals surface area (Å²) in [6, 6.07) is 0. The Morgan fingerprint density at radius 2 is 2.25 bits per heavy atom. The molecule has 2 N–H and O–H groups in total. The number of nitrogens with two attached hydrogens (primary N) is 1. The first-order valence-corrected chi connectivity index (χ1v) is 4.74. The minimum atomic E-state index is 0.259. The van der Waals surface area contributed by atoms with Gasteiger partial charge >= 0.3 is 0 Å². The monoisotopic (exact) mass is 169 g/mol. The van der Waals surface area contributed by atoms with Crippen molar-refractivity contribution >= 4 is 0 Å². The van der Waals surface area contributed by atoms with Gasteiger partial charge in [0.15, 0.2) is 0 Å². The molecule has 0 aromatic carbocycles. The van der Waals surface area contributed by atoms with Crippen molar-refractivity contribution in [1.29, 1.82) is 0 Å². The highest BCUT2D eigenvalue weighted by atomic mass is 15.1. The molecular formula is C10H21N2. The molecule has 2 heteroatoms. The second-order valence-electron chi connectivity index (χ2n) is 4.49. The van der Waals surface area contributed by atoms with E-state index in [2.05, 4.69) is 32.7 Å². The molecule has 0 aliphatic carbocycles. The molecule has 0 bridgehead atoms. The largest absolute Gasteiger partial charge is 0.330 e. The van der Waals surface area contributed by atoms with Gasteiger partial charge in [-0.3, -0.25) is 0 Å². The van der Waals surface area contributed by atoms with Gasteiger partial charge < -0.3 is 10.6 Å². The van der Waals surface area contributed by atoms with Gasteiger partial charge in [0.2, 0.25) is 0 Å². The van der Waals surface area contributed by atoms with Crippen molar-refractivity contribution in [2.45, 2.75) is 13.8 Å². The fourth-order valence-electron chi connectivity index (χ4n) is 2.38. The molecule has 1 aliphatic heterocycles. The summed E-state index contributed by atoms with van der Waals surface area (Å²) in [4.78, 5) is 2.34. The van der Waals surface area contributed by atoms with Gasteiger partial charge in [0.1, 0.15) is 0 Å². The van der Waals surface area contributed by atoms with Crippen LogP contribution in [0.15, 0.2) is 0 Å². The van der Waals surface area contributed by atoms with Crippen molar-refractivity contribution in [3.63, 3.8) is 0 Å². The maximum absolute atomic E-state index is 5.86. The average molecular weight is 169 g/mol. The number of hydrogen-bond acceptors (Lipinski definition) is 2. The quantitative estimate of drug-likeness (QED) is 0.668. The fraction of sp³-hybridized carbons (Fsp3) is 0.900. The van der Waals surface area contributed by atoms with E-state index in [1.807, 2.05) is 0 Å². The van der Waals surface area contributed by atoms with E-state index in [1.165, 1.54) is 0 Å². The van der Waals surface area contributed by atoms with Crippen molar-refractivity contribution in [2.75, 3.05) is 26.7 Å². The molecule has 0 unspecified atom stereocenters. The van der Waals surface area contributed by atoms with Crippen molar-refractivity contribution in [3.05, 3.63) is 6.92 Å². The first kappa shape index (κ1) is 10.0. The third kappa shape index (κ3) is 1.38. The summed E-state index contributed by atoms with van der Waals surface area (Å²) in [5, 5.41) is 0. The van der Waals surface area contributed by atoms with Crippen LogP contribution in [-0.2, 0) is 0 Å². The van der Waals surface area contributed by atoms with Gasteiger partial charge in [-0.1, -0.05) is 13.8 Å². The van der Waals surface area contributed by atoms with Crippen LogP contribution < -0.4 is 5.73 Å². The Morgan fingerprint density at radius 1 is 1.67 bits per heavy atom. The van der Waals surface area contributed by atoms with Crippen LogP contribution in [0.5, 0.6) is 0 Å². The molecule has 1 fully saturated rings. The van der Waals surface area contributed by atoms with Gasteiger partial charge in [-0.05, 0) is 32.4 Å². The second kappa shape index (κ2) is 3.35. The highest BCUT2D eigenvalue weighted by Gasteiger charge is 2.43. The summed E-state index contributed by atoms with van der Waals surface area (Å²) in [6.45, 7) is 11.7. The molecule has 0 aromatic rings. The minimum Gasteiger partial charge on any atom is -0.330 e. The molecule has 1 rings (SSSR count). The van der Waals surface area contributed by atoms with Gasteiger partial charge in [-0.2, -0.15) is 0 Å². The summed E-state index contributed by atoms with van der Waals surface area (Å²) in [7, 11) is 2.15. The van der Waals surface area contributed by atoms with E-state index in [1.54, 1.807) is 0 Å². The number of rotatable bonds is 2. The lowest BCUT2D eigenvalue weighted by Crippen LogP contribution is -2.41. The van der Waals surface area contributed by atoms with Gasteiger partial charge in [0.25, 0.3) is 0 Å². The van der Waals surface area contributed by atoms with E-state index in [-0.39, 0.29) is 5.41 Å². The standard InChI is InChI=1S/C10H21N2/c1-8(2)10(6-11)7-12(4)5-9(10)3/h8-9H,3,5-7,11H2,1-2,4H3/t9-,10+/m0/s1. The van der Waals surface area contributed by atoms with Crippen molar-refractivity contribution < 1.29 is 0 Å². The molecule has 71 valence electrons. The summed E-state index contributed by atoms with van der Waals surface area (Å²) in [6.07, 6.45) is 0. The van der Waals surface area contributed by atoms with E-state index < -0.39 is 0 Å². The van der Waals surface area contributed by atoms with E-state index in [0.717, 1.165) is 19.6 Å². The molecule has 0 aromatic heterocycles. The molecule has 0 spiro atoms. The summed E-state index contributed by atoms with van der Waals surface area (Å²) in [5.41, 5.74) is 6.11. The Kier molecular flexibility index (Phi) is 2.79. The molecule has 0 saturated carbocycles. The van der Waals surface area contributed by atoms with Gasteiger partial charge in [0, 0.05) is 18.5 Å². The first-order valence-electron chi connectivity index (χ1n) is 4.74. The lowest BCUT2D eigenvalue weighted by atomic mass is 9.70.